The van der Waals surface area contributed by atoms with Crippen LogP contribution in [-0.2, 0) is 4.74 Å². The van der Waals surface area contributed by atoms with Gasteiger partial charge in [-0.2, -0.15) is 0 Å². The Hall–Kier alpha value is -0.900. The van der Waals surface area contributed by atoms with E-state index < -0.39 is 0 Å². The van der Waals surface area contributed by atoms with Crippen molar-refractivity contribution in [2.24, 2.45) is 11.7 Å². The zero-order chi connectivity index (χ0) is 13.5. The molecule has 2 rings (SSSR count). The summed E-state index contributed by atoms with van der Waals surface area (Å²) < 4.78 is 5.44. The number of hydrogen-bond donors (Lipinski definition) is 1. The fraction of sp³-hybridized carbons (Fsp3) is 0.625. The third-order valence-electron chi connectivity index (χ3n) is 4.07. The molecular weight excluding hydrogens is 236 g/mol. The molecule has 0 aliphatic carbocycles. The minimum absolute atomic E-state index is 0.381. The summed E-state index contributed by atoms with van der Waals surface area (Å²) in [5.74, 6) is 0.752. The van der Waals surface area contributed by atoms with Gasteiger partial charge in [0, 0.05) is 13.7 Å². The number of likely N-dealkylation sites (tertiary alicyclic amines) is 1. The molecule has 106 valence electrons. The van der Waals surface area contributed by atoms with Crippen LogP contribution in [0.3, 0.4) is 0 Å². The first-order chi connectivity index (χ1) is 9.35. The Morgan fingerprint density at radius 3 is 2.84 bits per heavy atom. The van der Waals surface area contributed by atoms with Crippen LogP contribution in [0.15, 0.2) is 30.3 Å². The Balaban J connectivity index is 2.06. The van der Waals surface area contributed by atoms with Crippen LogP contribution in [0.25, 0.3) is 0 Å². The second kappa shape index (κ2) is 7.63. The summed E-state index contributed by atoms with van der Waals surface area (Å²) in [6.45, 7) is 3.89. The van der Waals surface area contributed by atoms with E-state index >= 15 is 0 Å². The standard InChI is InChI=1S/C16H26N2O/c1-19-13-16(15-7-3-2-4-8-15)18-11-5-6-14(12-18)9-10-17/h2-4,7-8,14,16H,5-6,9-13,17H2,1H3. The average Bonchev–Trinajstić information content (AvgIpc) is 2.46. The van der Waals surface area contributed by atoms with Crippen LogP contribution in [0.2, 0.25) is 0 Å². The van der Waals surface area contributed by atoms with Crippen molar-refractivity contribution in [3.05, 3.63) is 35.9 Å². The smallest absolute Gasteiger partial charge is 0.0659 e. The summed E-state index contributed by atoms with van der Waals surface area (Å²) >= 11 is 0. The Morgan fingerprint density at radius 1 is 1.37 bits per heavy atom. The van der Waals surface area contributed by atoms with E-state index in [-0.39, 0.29) is 0 Å². The highest BCUT2D eigenvalue weighted by Crippen LogP contribution is 2.28. The van der Waals surface area contributed by atoms with Gasteiger partial charge in [0.25, 0.3) is 0 Å². The lowest BCUT2D eigenvalue weighted by molar-refractivity contribution is 0.0576. The van der Waals surface area contributed by atoms with Crippen molar-refractivity contribution >= 4 is 0 Å². The van der Waals surface area contributed by atoms with Gasteiger partial charge in [-0.15, -0.1) is 0 Å². The van der Waals surface area contributed by atoms with Crippen molar-refractivity contribution in [3.8, 4) is 0 Å². The highest BCUT2D eigenvalue weighted by Gasteiger charge is 2.26. The molecule has 1 aliphatic heterocycles. The van der Waals surface area contributed by atoms with Gasteiger partial charge in [0.15, 0.2) is 0 Å². The number of benzene rings is 1. The number of hydrogen-bond acceptors (Lipinski definition) is 3. The predicted molar refractivity (Wildman–Crippen MR) is 79.0 cm³/mol. The third kappa shape index (κ3) is 4.03. The fourth-order valence-corrected chi connectivity index (χ4v) is 3.10. The van der Waals surface area contributed by atoms with E-state index in [1.165, 1.54) is 24.9 Å². The van der Waals surface area contributed by atoms with Crippen molar-refractivity contribution in [2.45, 2.75) is 25.3 Å². The molecule has 1 saturated heterocycles. The zero-order valence-corrected chi connectivity index (χ0v) is 11.9. The Kier molecular flexibility index (Phi) is 5.83. The largest absolute Gasteiger partial charge is 0.383 e. The Morgan fingerprint density at radius 2 is 2.16 bits per heavy atom. The molecule has 0 bridgehead atoms. The molecule has 3 nitrogen and oxygen atoms in total. The Labute approximate surface area is 116 Å². The van der Waals surface area contributed by atoms with Crippen molar-refractivity contribution in [2.75, 3.05) is 33.4 Å². The van der Waals surface area contributed by atoms with Gasteiger partial charge in [-0.3, -0.25) is 4.90 Å². The molecule has 19 heavy (non-hydrogen) atoms. The van der Waals surface area contributed by atoms with Crippen molar-refractivity contribution in [1.29, 1.82) is 0 Å². The number of piperidine rings is 1. The van der Waals surface area contributed by atoms with E-state index in [1.807, 2.05) is 0 Å². The molecule has 0 saturated carbocycles. The van der Waals surface area contributed by atoms with Gasteiger partial charge in [-0.25, -0.2) is 0 Å². The van der Waals surface area contributed by atoms with Gasteiger partial charge >= 0.3 is 0 Å². The van der Waals surface area contributed by atoms with Crippen LogP contribution in [-0.4, -0.2) is 38.3 Å². The molecule has 2 N–H and O–H groups in total. The molecule has 1 heterocycles. The van der Waals surface area contributed by atoms with Gasteiger partial charge < -0.3 is 10.5 Å². The lowest BCUT2D eigenvalue weighted by atomic mass is 9.92. The average molecular weight is 262 g/mol. The molecule has 1 aromatic carbocycles. The van der Waals surface area contributed by atoms with Crippen LogP contribution in [0, 0.1) is 5.92 Å². The maximum absolute atomic E-state index is 5.71. The van der Waals surface area contributed by atoms with Gasteiger partial charge in [-0.1, -0.05) is 30.3 Å². The van der Waals surface area contributed by atoms with E-state index in [2.05, 4.69) is 35.2 Å². The second-order valence-corrected chi connectivity index (χ2v) is 5.46. The summed E-state index contributed by atoms with van der Waals surface area (Å²) in [6, 6.07) is 11.1. The van der Waals surface area contributed by atoms with Crippen LogP contribution < -0.4 is 5.73 Å². The molecule has 0 radical (unpaired) electrons. The normalized spacial score (nSPS) is 22.3. The number of nitrogens with zero attached hydrogens (tertiary/aromatic N) is 1. The highest BCUT2D eigenvalue weighted by atomic mass is 16.5. The lowest BCUT2D eigenvalue weighted by Gasteiger charge is -2.38. The molecular formula is C16H26N2O. The maximum Gasteiger partial charge on any atom is 0.0659 e. The summed E-state index contributed by atoms with van der Waals surface area (Å²) in [5.41, 5.74) is 7.07. The minimum atomic E-state index is 0.381. The van der Waals surface area contributed by atoms with Crippen LogP contribution >= 0.6 is 0 Å². The van der Waals surface area contributed by atoms with Crippen molar-refractivity contribution in [1.82, 2.24) is 4.90 Å². The van der Waals surface area contributed by atoms with E-state index in [1.54, 1.807) is 7.11 Å². The number of nitrogens with two attached hydrogens (primary N) is 1. The van der Waals surface area contributed by atoms with Gasteiger partial charge in [0.1, 0.15) is 0 Å². The molecule has 1 fully saturated rings. The summed E-state index contributed by atoms with van der Waals surface area (Å²) in [5, 5.41) is 0. The topological polar surface area (TPSA) is 38.5 Å². The highest BCUT2D eigenvalue weighted by molar-refractivity contribution is 5.19. The molecule has 2 unspecified atom stereocenters. The first-order valence-electron chi connectivity index (χ1n) is 7.33. The molecule has 0 spiro atoms. The number of ether oxygens (including phenoxy) is 1. The number of methoxy groups -OCH3 is 1. The monoisotopic (exact) mass is 262 g/mol. The van der Waals surface area contributed by atoms with Crippen LogP contribution in [0.4, 0.5) is 0 Å². The van der Waals surface area contributed by atoms with Crippen LogP contribution in [0.1, 0.15) is 30.9 Å². The first kappa shape index (κ1) is 14.5. The van der Waals surface area contributed by atoms with Gasteiger partial charge in [0.2, 0.25) is 0 Å². The maximum atomic E-state index is 5.71. The summed E-state index contributed by atoms with van der Waals surface area (Å²) in [7, 11) is 1.79. The molecule has 3 heteroatoms. The van der Waals surface area contributed by atoms with Crippen molar-refractivity contribution < 1.29 is 4.74 Å². The second-order valence-electron chi connectivity index (χ2n) is 5.46. The SMILES string of the molecule is COCC(c1ccccc1)N1CCCC(CCN)C1. The molecule has 0 amide bonds. The fourth-order valence-electron chi connectivity index (χ4n) is 3.10. The van der Waals surface area contributed by atoms with E-state index in [4.69, 9.17) is 10.5 Å². The predicted octanol–water partition coefficient (Wildman–Crippen LogP) is 2.43. The van der Waals surface area contributed by atoms with Crippen molar-refractivity contribution in [3.63, 3.8) is 0 Å². The molecule has 2 atom stereocenters. The lowest BCUT2D eigenvalue weighted by Crippen LogP contribution is -2.40. The van der Waals surface area contributed by atoms with E-state index in [0.29, 0.717) is 6.04 Å². The minimum Gasteiger partial charge on any atom is -0.383 e. The molecule has 1 aliphatic rings. The zero-order valence-electron chi connectivity index (χ0n) is 11.9. The Bertz CT molecular complexity index is 353. The van der Waals surface area contributed by atoms with E-state index in [0.717, 1.165) is 32.0 Å². The molecule has 1 aromatic rings. The third-order valence-corrected chi connectivity index (χ3v) is 4.07. The molecule has 0 aromatic heterocycles. The summed E-state index contributed by atoms with van der Waals surface area (Å²) in [6.07, 6.45) is 3.74. The quantitative estimate of drug-likeness (QED) is 0.855. The van der Waals surface area contributed by atoms with Gasteiger partial charge in [-0.05, 0) is 43.8 Å². The van der Waals surface area contributed by atoms with Gasteiger partial charge in [0.05, 0.1) is 12.6 Å². The summed E-state index contributed by atoms with van der Waals surface area (Å²) in [4.78, 5) is 2.57. The van der Waals surface area contributed by atoms with E-state index in [9.17, 15) is 0 Å². The first-order valence-corrected chi connectivity index (χ1v) is 7.33. The van der Waals surface area contributed by atoms with Crippen LogP contribution in [0.5, 0.6) is 0 Å². The number of rotatable bonds is 6.